The minimum atomic E-state index is 0.433. The molecule has 1 aromatic rings. The Morgan fingerprint density at radius 3 is 2.64 bits per heavy atom. The maximum atomic E-state index is 6.01. The zero-order chi connectivity index (χ0) is 10.6. The van der Waals surface area contributed by atoms with Crippen LogP contribution in [0, 0.1) is 0 Å². The fourth-order valence-corrected chi connectivity index (χ4v) is 1.46. The van der Waals surface area contributed by atoms with Crippen LogP contribution < -0.4 is 15.2 Å². The summed E-state index contributed by atoms with van der Waals surface area (Å²) in [5.74, 6) is 1.20. The molecule has 0 saturated heterocycles. The summed E-state index contributed by atoms with van der Waals surface area (Å²) >= 11 is 6.01. The summed E-state index contributed by atoms with van der Waals surface area (Å²) in [5, 5.41) is 0.534. The number of rotatable bonds is 4. The van der Waals surface area contributed by atoms with E-state index in [1.165, 1.54) is 0 Å². The van der Waals surface area contributed by atoms with Crippen LogP contribution >= 0.6 is 11.6 Å². The van der Waals surface area contributed by atoms with Crippen molar-refractivity contribution < 1.29 is 9.47 Å². The van der Waals surface area contributed by atoms with Crippen molar-refractivity contribution in [3.05, 3.63) is 22.7 Å². The van der Waals surface area contributed by atoms with Crippen molar-refractivity contribution in [1.82, 2.24) is 0 Å². The minimum absolute atomic E-state index is 0.433. The molecule has 3 nitrogen and oxygen atoms in total. The van der Waals surface area contributed by atoms with Gasteiger partial charge in [-0.2, -0.15) is 0 Å². The molecule has 14 heavy (non-hydrogen) atoms. The highest BCUT2D eigenvalue weighted by molar-refractivity contribution is 6.32. The van der Waals surface area contributed by atoms with E-state index in [2.05, 4.69) is 0 Å². The molecule has 0 saturated carbocycles. The highest BCUT2D eigenvalue weighted by Crippen LogP contribution is 2.36. The van der Waals surface area contributed by atoms with Gasteiger partial charge < -0.3 is 15.2 Å². The summed E-state index contributed by atoms with van der Waals surface area (Å²) in [7, 11) is 1.58. The van der Waals surface area contributed by atoms with Crippen LogP contribution in [0.15, 0.2) is 12.1 Å². The summed E-state index contributed by atoms with van der Waals surface area (Å²) < 4.78 is 10.5. The zero-order valence-electron chi connectivity index (χ0n) is 8.34. The molecule has 1 aromatic carbocycles. The third-order valence-corrected chi connectivity index (χ3v) is 2.09. The first kappa shape index (κ1) is 11.1. The predicted molar refractivity (Wildman–Crippen MR) is 57.1 cm³/mol. The first-order valence-electron chi connectivity index (χ1n) is 4.42. The molecule has 0 aromatic heterocycles. The second kappa shape index (κ2) is 5.08. The molecule has 0 spiro atoms. The van der Waals surface area contributed by atoms with Crippen LogP contribution in [0.5, 0.6) is 11.5 Å². The lowest BCUT2D eigenvalue weighted by Crippen LogP contribution is -2.00. The number of ether oxygens (including phenoxy) is 2. The molecule has 0 bridgehead atoms. The lowest BCUT2D eigenvalue weighted by atomic mass is 10.2. The van der Waals surface area contributed by atoms with E-state index >= 15 is 0 Å². The van der Waals surface area contributed by atoms with Crippen LogP contribution in [0.1, 0.15) is 12.5 Å². The summed E-state index contributed by atoms with van der Waals surface area (Å²) in [5.41, 5.74) is 6.44. The normalized spacial score (nSPS) is 10.0. The van der Waals surface area contributed by atoms with Crippen LogP contribution in [-0.4, -0.2) is 13.7 Å². The average molecular weight is 216 g/mol. The van der Waals surface area contributed by atoms with Gasteiger partial charge in [-0.25, -0.2) is 0 Å². The Balaban J connectivity index is 3.13. The van der Waals surface area contributed by atoms with Gasteiger partial charge in [-0.05, 0) is 24.6 Å². The van der Waals surface area contributed by atoms with E-state index in [0.717, 1.165) is 5.56 Å². The molecule has 78 valence electrons. The van der Waals surface area contributed by atoms with Crippen LogP contribution in [0.25, 0.3) is 0 Å². The van der Waals surface area contributed by atoms with E-state index in [0.29, 0.717) is 29.7 Å². The Kier molecular flexibility index (Phi) is 4.04. The van der Waals surface area contributed by atoms with Gasteiger partial charge >= 0.3 is 0 Å². The van der Waals surface area contributed by atoms with Gasteiger partial charge in [-0.3, -0.25) is 0 Å². The van der Waals surface area contributed by atoms with Crippen LogP contribution in [0.3, 0.4) is 0 Å². The van der Waals surface area contributed by atoms with E-state index in [9.17, 15) is 0 Å². The molecule has 4 heteroatoms. The van der Waals surface area contributed by atoms with Gasteiger partial charge in [0.2, 0.25) is 0 Å². The first-order chi connectivity index (χ1) is 6.72. The Morgan fingerprint density at radius 1 is 1.43 bits per heavy atom. The second-order valence-electron chi connectivity index (χ2n) is 2.75. The van der Waals surface area contributed by atoms with Gasteiger partial charge in [-0.15, -0.1) is 0 Å². The molecule has 0 fully saturated rings. The average Bonchev–Trinajstić information content (AvgIpc) is 2.20. The van der Waals surface area contributed by atoms with E-state index in [4.69, 9.17) is 26.8 Å². The van der Waals surface area contributed by atoms with E-state index in [-0.39, 0.29) is 0 Å². The number of methoxy groups -OCH3 is 1. The quantitative estimate of drug-likeness (QED) is 0.838. The van der Waals surface area contributed by atoms with Crippen molar-refractivity contribution in [3.63, 3.8) is 0 Å². The molecule has 0 amide bonds. The van der Waals surface area contributed by atoms with Crippen molar-refractivity contribution >= 4 is 11.6 Å². The smallest absolute Gasteiger partial charge is 0.179 e. The second-order valence-corrected chi connectivity index (χ2v) is 3.15. The van der Waals surface area contributed by atoms with Gasteiger partial charge in [0.25, 0.3) is 0 Å². The van der Waals surface area contributed by atoms with Crippen molar-refractivity contribution in [1.29, 1.82) is 0 Å². The maximum Gasteiger partial charge on any atom is 0.179 e. The van der Waals surface area contributed by atoms with Gasteiger partial charge in [0.15, 0.2) is 11.5 Å². The number of hydrogen-bond donors (Lipinski definition) is 1. The van der Waals surface area contributed by atoms with Gasteiger partial charge in [-0.1, -0.05) is 11.6 Å². The minimum Gasteiger partial charge on any atom is -0.493 e. The molecule has 0 atom stereocenters. The molecule has 0 aliphatic carbocycles. The van der Waals surface area contributed by atoms with Crippen molar-refractivity contribution in [2.45, 2.75) is 13.5 Å². The van der Waals surface area contributed by atoms with Crippen molar-refractivity contribution in [2.24, 2.45) is 5.73 Å². The molecule has 0 heterocycles. The zero-order valence-corrected chi connectivity index (χ0v) is 9.10. The highest BCUT2D eigenvalue weighted by Gasteiger charge is 2.10. The molecule has 0 aliphatic heterocycles. The summed E-state index contributed by atoms with van der Waals surface area (Å²) in [6.45, 7) is 2.88. The largest absolute Gasteiger partial charge is 0.493 e. The molecule has 0 radical (unpaired) electrons. The van der Waals surface area contributed by atoms with Gasteiger partial charge in [0.1, 0.15) is 0 Å². The molecule has 2 N–H and O–H groups in total. The van der Waals surface area contributed by atoms with Crippen LogP contribution in [-0.2, 0) is 6.54 Å². The Labute approximate surface area is 88.8 Å². The van der Waals surface area contributed by atoms with Crippen molar-refractivity contribution in [3.8, 4) is 11.5 Å². The SMILES string of the molecule is CCOc1c(Cl)cc(CN)cc1OC. The first-order valence-corrected chi connectivity index (χ1v) is 4.80. The fourth-order valence-electron chi connectivity index (χ4n) is 1.18. The Morgan fingerprint density at radius 2 is 2.14 bits per heavy atom. The number of benzene rings is 1. The maximum absolute atomic E-state index is 6.01. The Bertz CT molecular complexity index is 315. The lowest BCUT2D eigenvalue weighted by Gasteiger charge is -2.12. The van der Waals surface area contributed by atoms with E-state index in [1.807, 2.05) is 13.0 Å². The fraction of sp³-hybridized carbons (Fsp3) is 0.400. The molecular weight excluding hydrogens is 202 g/mol. The molecular formula is C10H14ClNO2. The third-order valence-electron chi connectivity index (χ3n) is 1.81. The standard InChI is InChI=1S/C10H14ClNO2/c1-3-14-10-8(11)4-7(6-12)5-9(10)13-2/h4-5H,3,6,12H2,1-2H3. The summed E-state index contributed by atoms with van der Waals surface area (Å²) in [6.07, 6.45) is 0. The highest BCUT2D eigenvalue weighted by atomic mass is 35.5. The Hall–Kier alpha value is -0.930. The summed E-state index contributed by atoms with van der Waals surface area (Å²) in [6, 6.07) is 3.62. The molecule has 0 aliphatic rings. The number of hydrogen-bond acceptors (Lipinski definition) is 3. The van der Waals surface area contributed by atoms with Crippen LogP contribution in [0.2, 0.25) is 5.02 Å². The predicted octanol–water partition coefficient (Wildman–Crippen LogP) is 2.21. The molecule has 0 unspecified atom stereocenters. The van der Waals surface area contributed by atoms with Crippen LogP contribution in [0.4, 0.5) is 0 Å². The lowest BCUT2D eigenvalue weighted by molar-refractivity contribution is 0.311. The van der Waals surface area contributed by atoms with Gasteiger partial charge in [0.05, 0.1) is 18.7 Å². The molecule has 1 rings (SSSR count). The number of nitrogens with two attached hydrogens (primary N) is 1. The van der Waals surface area contributed by atoms with E-state index < -0.39 is 0 Å². The van der Waals surface area contributed by atoms with Crippen molar-refractivity contribution in [2.75, 3.05) is 13.7 Å². The third kappa shape index (κ3) is 2.30. The topological polar surface area (TPSA) is 44.5 Å². The van der Waals surface area contributed by atoms with E-state index in [1.54, 1.807) is 13.2 Å². The number of halogens is 1. The summed E-state index contributed by atoms with van der Waals surface area (Å²) in [4.78, 5) is 0. The van der Waals surface area contributed by atoms with Gasteiger partial charge in [0, 0.05) is 6.54 Å². The monoisotopic (exact) mass is 215 g/mol.